The fraction of sp³-hybridized carbons (Fsp3) is 0.458. The van der Waals surface area contributed by atoms with Crippen molar-refractivity contribution in [3.05, 3.63) is 65.7 Å². The number of carbonyl (C=O) groups is 1. The molecule has 2 aliphatic rings. The third-order valence-corrected chi connectivity index (χ3v) is 6.73. The van der Waals surface area contributed by atoms with E-state index in [1.54, 1.807) is 7.11 Å². The Labute approximate surface area is 172 Å². The number of piperidine rings is 1. The van der Waals surface area contributed by atoms with Gasteiger partial charge in [0.1, 0.15) is 5.75 Å². The van der Waals surface area contributed by atoms with Crippen molar-refractivity contribution in [2.75, 3.05) is 33.9 Å². The molecular weight excluding hydrogens is 366 g/mol. The summed E-state index contributed by atoms with van der Waals surface area (Å²) in [5.41, 5.74) is 0.673. The van der Waals surface area contributed by atoms with Crippen molar-refractivity contribution in [2.45, 2.75) is 30.3 Å². The topological polar surface area (TPSA) is 59.0 Å². The van der Waals surface area contributed by atoms with Crippen LogP contribution in [-0.2, 0) is 20.5 Å². The lowest BCUT2D eigenvalue weighted by Crippen LogP contribution is -2.44. The Bertz CT molecular complexity index is 843. The van der Waals surface area contributed by atoms with E-state index in [1.807, 2.05) is 54.6 Å². The van der Waals surface area contributed by atoms with Gasteiger partial charge in [0.15, 0.2) is 0 Å². The van der Waals surface area contributed by atoms with Crippen molar-refractivity contribution in [3.63, 3.8) is 0 Å². The zero-order chi connectivity index (χ0) is 20.5. The van der Waals surface area contributed by atoms with E-state index < -0.39 is 11.0 Å². The first kappa shape index (κ1) is 19.9. The molecule has 0 radical (unpaired) electrons. The third-order valence-electron chi connectivity index (χ3n) is 6.73. The highest BCUT2D eigenvalue weighted by molar-refractivity contribution is 5.87. The standard InChI is InChI=1S/C24H29NO4/c1-28-21-10-8-19(9-11-21)24(22(26)29-2)16-20(24)17-25-14-12-23(27,13-15-25)18-6-4-3-5-7-18/h3-11,20,27H,12-17H2,1-2H3/t20-,24+/m1/s1. The summed E-state index contributed by atoms with van der Waals surface area (Å²) < 4.78 is 10.4. The van der Waals surface area contributed by atoms with Gasteiger partial charge in [-0.2, -0.15) is 0 Å². The molecule has 29 heavy (non-hydrogen) atoms. The minimum atomic E-state index is -0.753. The van der Waals surface area contributed by atoms with Gasteiger partial charge in [0.2, 0.25) is 0 Å². The molecule has 154 valence electrons. The van der Waals surface area contributed by atoms with E-state index in [0.717, 1.165) is 42.9 Å². The highest BCUT2D eigenvalue weighted by atomic mass is 16.5. The predicted octanol–water partition coefficient (Wildman–Crippen LogP) is 3.11. The van der Waals surface area contributed by atoms with E-state index in [2.05, 4.69) is 4.90 Å². The summed E-state index contributed by atoms with van der Waals surface area (Å²) >= 11 is 0. The van der Waals surface area contributed by atoms with Crippen LogP contribution in [-0.4, -0.2) is 49.8 Å². The van der Waals surface area contributed by atoms with Crippen molar-refractivity contribution >= 4 is 5.97 Å². The molecule has 4 rings (SSSR count). The lowest BCUT2D eigenvalue weighted by molar-refractivity contribution is -0.144. The van der Waals surface area contributed by atoms with Gasteiger partial charge in [-0.05, 0) is 48.4 Å². The molecule has 2 aromatic carbocycles. The summed E-state index contributed by atoms with van der Waals surface area (Å²) in [5.74, 6) is 0.846. The van der Waals surface area contributed by atoms with E-state index in [-0.39, 0.29) is 11.9 Å². The van der Waals surface area contributed by atoms with E-state index in [4.69, 9.17) is 9.47 Å². The summed E-state index contributed by atoms with van der Waals surface area (Å²) in [6, 6.07) is 17.7. The van der Waals surface area contributed by atoms with E-state index in [9.17, 15) is 9.90 Å². The molecule has 2 aromatic rings. The van der Waals surface area contributed by atoms with Crippen LogP contribution in [0, 0.1) is 5.92 Å². The molecule has 5 heteroatoms. The van der Waals surface area contributed by atoms with Gasteiger partial charge in [0.05, 0.1) is 25.2 Å². The monoisotopic (exact) mass is 395 g/mol. The molecule has 1 N–H and O–H groups in total. The predicted molar refractivity (Wildman–Crippen MR) is 111 cm³/mol. The molecule has 0 bridgehead atoms. The van der Waals surface area contributed by atoms with Gasteiger partial charge in [-0.3, -0.25) is 4.79 Å². The number of methoxy groups -OCH3 is 2. The molecule has 1 heterocycles. The number of likely N-dealkylation sites (tertiary alicyclic amines) is 1. The molecule has 1 aliphatic carbocycles. The van der Waals surface area contributed by atoms with Crippen LogP contribution in [0.2, 0.25) is 0 Å². The Morgan fingerprint density at radius 1 is 1.03 bits per heavy atom. The van der Waals surface area contributed by atoms with Gasteiger partial charge in [-0.1, -0.05) is 42.5 Å². The van der Waals surface area contributed by atoms with Crippen LogP contribution in [0.25, 0.3) is 0 Å². The normalized spacial score (nSPS) is 26.0. The van der Waals surface area contributed by atoms with Gasteiger partial charge in [0, 0.05) is 19.6 Å². The maximum Gasteiger partial charge on any atom is 0.316 e. The molecule has 2 fully saturated rings. The first-order valence-electron chi connectivity index (χ1n) is 10.2. The average Bonchev–Trinajstić information content (AvgIpc) is 3.50. The summed E-state index contributed by atoms with van der Waals surface area (Å²) in [6.45, 7) is 2.48. The molecular formula is C24H29NO4. The molecule has 0 unspecified atom stereocenters. The number of nitrogens with zero attached hydrogens (tertiary/aromatic N) is 1. The zero-order valence-corrected chi connectivity index (χ0v) is 17.1. The second-order valence-corrected chi connectivity index (χ2v) is 8.29. The number of hydrogen-bond donors (Lipinski definition) is 1. The zero-order valence-electron chi connectivity index (χ0n) is 17.1. The minimum absolute atomic E-state index is 0.162. The molecule has 1 saturated heterocycles. The average molecular weight is 395 g/mol. The third kappa shape index (κ3) is 3.65. The number of esters is 1. The quantitative estimate of drug-likeness (QED) is 0.762. The first-order valence-corrected chi connectivity index (χ1v) is 10.2. The maximum atomic E-state index is 12.7. The SMILES string of the molecule is COC(=O)[C@]1(c2ccc(OC)cc2)C[C@@H]1CN1CCC(O)(c2ccccc2)CC1. The highest BCUT2D eigenvalue weighted by Gasteiger charge is 2.62. The van der Waals surface area contributed by atoms with Gasteiger partial charge in [0.25, 0.3) is 0 Å². The molecule has 1 saturated carbocycles. The molecule has 0 spiro atoms. The summed E-state index contributed by atoms with van der Waals surface area (Å²) in [6.07, 6.45) is 2.21. The molecule has 5 nitrogen and oxygen atoms in total. The summed E-state index contributed by atoms with van der Waals surface area (Å²) in [5, 5.41) is 11.1. The number of benzene rings is 2. The van der Waals surface area contributed by atoms with Crippen molar-refractivity contribution < 1.29 is 19.4 Å². The number of rotatable bonds is 6. The van der Waals surface area contributed by atoms with Crippen LogP contribution in [0.3, 0.4) is 0 Å². The first-order chi connectivity index (χ1) is 14.0. The number of carbonyl (C=O) groups excluding carboxylic acids is 1. The Kier molecular flexibility index (Phi) is 5.36. The number of ether oxygens (including phenoxy) is 2. The van der Waals surface area contributed by atoms with E-state index >= 15 is 0 Å². The maximum absolute atomic E-state index is 12.7. The Morgan fingerprint density at radius 3 is 2.28 bits per heavy atom. The lowest BCUT2D eigenvalue weighted by Gasteiger charge is -2.39. The second-order valence-electron chi connectivity index (χ2n) is 8.29. The van der Waals surface area contributed by atoms with Gasteiger partial charge < -0.3 is 19.5 Å². The molecule has 0 aromatic heterocycles. The van der Waals surface area contributed by atoms with Gasteiger partial charge in [-0.15, -0.1) is 0 Å². The van der Waals surface area contributed by atoms with Gasteiger partial charge >= 0.3 is 5.97 Å². The smallest absolute Gasteiger partial charge is 0.316 e. The largest absolute Gasteiger partial charge is 0.497 e. The van der Waals surface area contributed by atoms with Crippen LogP contribution in [0.4, 0.5) is 0 Å². The van der Waals surface area contributed by atoms with Crippen LogP contribution < -0.4 is 4.74 Å². The molecule has 2 atom stereocenters. The van der Waals surface area contributed by atoms with Crippen LogP contribution >= 0.6 is 0 Å². The molecule has 0 amide bonds. The fourth-order valence-electron chi connectivity index (χ4n) is 4.80. The Balaban J connectivity index is 1.43. The van der Waals surface area contributed by atoms with Crippen molar-refractivity contribution in [1.82, 2.24) is 4.90 Å². The van der Waals surface area contributed by atoms with Crippen molar-refractivity contribution in [1.29, 1.82) is 0 Å². The fourth-order valence-corrected chi connectivity index (χ4v) is 4.80. The minimum Gasteiger partial charge on any atom is -0.497 e. The number of hydrogen-bond acceptors (Lipinski definition) is 5. The van der Waals surface area contributed by atoms with Gasteiger partial charge in [-0.25, -0.2) is 0 Å². The van der Waals surface area contributed by atoms with E-state index in [0.29, 0.717) is 12.8 Å². The number of aliphatic hydroxyl groups is 1. The summed E-state index contributed by atoms with van der Waals surface area (Å²) in [7, 11) is 3.10. The summed E-state index contributed by atoms with van der Waals surface area (Å²) in [4.78, 5) is 15.1. The van der Waals surface area contributed by atoms with E-state index in [1.165, 1.54) is 7.11 Å². The molecule has 1 aliphatic heterocycles. The lowest BCUT2D eigenvalue weighted by atomic mass is 9.84. The van der Waals surface area contributed by atoms with Crippen LogP contribution in [0.15, 0.2) is 54.6 Å². The highest BCUT2D eigenvalue weighted by Crippen LogP contribution is 2.56. The van der Waals surface area contributed by atoms with Crippen molar-refractivity contribution in [3.8, 4) is 5.75 Å². The van der Waals surface area contributed by atoms with Crippen molar-refractivity contribution in [2.24, 2.45) is 5.92 Å². The van der Waals surface area contributed by atoms with Crippen LogP contribution in [0.5, 0.6) is 5.75 Å². The Morgan fingerprint density at radius 2 is 1.69 bits per heavy atom. The van der Waals surface area contributed by atoms with Crippen LogP contribution in [0.1, 0.15) is 30.4 Å². The Hall–Kier alpha value is -2.37. The second kappa shape index (κ2) is 7.81.